The molecular formula is C16H14F3NO2. The number of alkyl halides is 2. The Bertz CT molecular complexity index is 657. The average Bonchev–Trinajstić information content (AvgIpc) is 2.48. The van der Waals surface area contributed by atoms with Crippen molar-refractivity contribution in [3.05, 3.63) is 65.0 Å². The van der Waals surface area contributed by atoms with Crippen molar-refractivity contribution in [2.45, 2.75) is 20.1 Å². The molecule has 0 radical (unpaired) electrons. The smallest absolute Gasteiger partial charge is 0.387 e. The van der Waals surface area contributed by atoms with Gasteiger partial charge in [0.1, 0.15) is 11.6 Å². The topological polar surface area (TPSA) is 38.3 Å². The van der Waals surface area contributed by atoms with Crippen molar-refractivity contribution in [1.29, 1.82) is 0 Å². The molecule has 1 N–H and O–H groups in total. The van der Waals surface area contributed by atoms with Gasteiger partial charge in [-0.2, -0.15) is 8.78 Å². The molecule has 0 aliphatic rings. The third-order valence-electron chi connectivity index (χ3n) is 3.04. The molecule has 0 heterocycles. The molecule has 116 valence electrons. The molecule has 0 saturated carbocycles. The van der Waals surface area contributed by atoms with E-state index >= 15 is 0 Å². The molecule has 0 aliphatic heterocycles. The first-order chi connectivity index (χ1) is 10.5. The summed E-state index contributed by atoms with van der Waals surface area (Å²) in [5.74, 6) is -0.807. The molecule has 0 fully saturated rings. The number of aryl methyl sites for hydroxylation is 1. The van der Waals surface area contributed by atoms with Crippen LogP contribution in [0.5, 0.6) is 5.75 Å². The summed E-state index contributed by atoms with van der Waals surface area (Å²) < 4.78 is 41.6. The van der Waals surface area contributed by atoms with E-state index in [-0.39, 0.29) is 17.9 Å². The van der Waals surface area contributed by atoms with Gasteiger partial charge in [-0.15, -0.1) is 0 Å². The Morgan fingerprint density at radius 3 is 2.45 bits per heavy atom. The minimum Gasteiger partial charge on any atom is -0.435 e. The summed E-state index contributed by atoms with van der Waals surface area (Å²) in [6.07, 6.45) is 0. The summed E-state index contributed by atoms with van der Waals surface area (Å²) in [6.45, 7) is -1.06. The Labute approximate surface area is 125 Å². The number of hydrogen-bond donors (Lipinski definition) is 1. The van der Waals surface area contributed by atoms with Crippen molar-refractivity contribution >= 4 is 5.91 Å². The number of hydrogen-bond acceptors (Lipinski definition) is 2. The molecule has 0 atom stereocenters. The first-order valence-electron chi connectivity index (χ1n) is 6.54. The Hall–Kier alpha value is -2.50. The number of amides is 1. The summed E-state index contributed by atoms with van der Waals surface area (Å²) >= 11 is 0. The van der Waals surface area contributed by atoms with E-state index in [1.807, 2.05) is 0 Å². The molecule has 2 aromatic carbocycles. The number of rotatable bonds is 5. The van der Waals surface area contributed by atoms with E-state index in [0.717, 1.165) is 0 Å². The fraction of sp³-hybridized carbons (Fsp3) is 0.188. The van der Waals surface area contributed by atoms with Crippen LogP contribution in [0, 0.1) is 12.7 Å². The van der Waals surface area contributed by atoms with Crippen LogP contribution in [0.2, 0.25) is 0 Å². The molecule has 3 nitrogen and oxygen atoms in total. The van der Waals surface area contributed by atoms with Crippen LogP contribution in [-0.2, 0) is 6.54 Å². The van der Waals surface area contributed by atoms with Crippen molar-refractivity contribution in [3.8, 4) is 5.75 Å². The monoisotopic (exact) mass is 309 g/mol. The zero-order chi connectivity index (χ0) is 16.1. The Balaban J connectivity index is 1.94. The summed E-state index contributed by atoms with van der Waals surface area (Å²) in [5.41, 5.74) is 1.40. The van der Waals surface area contributed by atoms with Crippen molar-refractivity contribution < 1.29 is 22.7 Å². The standard InChI is InChI=1S/C16H14F3NO2/c1-10-2-5-12(8-14(10)17)15(21)20-9-11-3-6-13(7-4-11)22-16(18)19/h2-8,16H,9H2,1H3,(H,20,21). The predicted octanol–water partition coefficient (Wildman–Crippen LogP) is 3.67. The minimum absolute atomic E-state index is 0.0469. The largest absolute Gasteiger partial charge is 0.435 e. The van der Waals surface area contributed by atoms with Gasteiger partial charge in [0.15, 0.2) is 0 Å². The maximum atomic E-state index is 13.4. The van der Waals surface area contributed by atoms with E-state index in [9.17, 15) is 18.0 Å². The van der Waals surface area contributed by atoms with Gasteiger partial charge in [0.25, 0.3) is 5.91 Å². The van der Waals surface area contributed by atoms with Gasteiger partial charge < -0.3 is 10.1 Å². The number of benzene rings is 2. The third kappa shape index (κ3) is 4.25. The molecule has 0 bridgehead atoms. The molecule has 6 heteroatoms. The highest BCUT2D eigenvalue weighted by molar-refractivity contribution is 5.94. The molecule has 1 amide bonds. The number of carbonyl (C=O) groups excluding carboxylic acids is 1. The lowest BCUT2D eigenvalue weighted by Gasteiger charge is -2.08. The molecule has 0 aromatic heterocycles. The van der Waals surface area contributed by atoms with Crippen LogP contribution >= 0.6 is 0 Å². The number of halogens is 3. The van der Waals surface area contributed by atoms with E-state index in [0.29, 0.717) is 11.1 Å². The highest BCUT2D eigenvalue weighted by atomic mass is 19.3. The number of ether oxygens (including phenoxy) is 1. The van der Waals surface area contributed by atoms with E-state index in [1.54, 1.807) is 19.1 Å². The van der Waals surface area contributed by atoms with Crippen LogP contribution in [0.25, 0.3) is 0 Å². The van der Waals surface area contributed by atoms with Gasteiger partial charge in [0, 0.05) is 12.1 Å². The van der Waals surface area contributed by atoms with Gasteiger partial charge in [-0.1, -0.05) is 18.2 Å². The lowest BCUT2D eigenvalue weighted by Crippen LogP contribution is -2.22. The third-order valence-corrected chi connectivity index (χ3v) is 3.04. The summed E-state index contributed by atoms with van der Waals surface area (Å²) in [7, 11) is 0. The summed E-state index contributed by atoms with van der Waals surface area (Å²) in [4.78, 5) is 11.9. The highest BCUT2D eigenvalue weighted by Crippen LogP contribution is 2.15. The zero-order valence-electron chi connectivity index (χ0n) is 11.8. The quantitative estimate of drug-likeness (QED) is 0.915. The van der Waals surface area contributed by atoms with Gasteiger partial charge in [0.05, 0.1) is 0 Å². The molecule has 2 rings (SSSR count). The number of nitrogens with one attached hydrogen (secondary N) is 1. The number of carbonyl (C=O) groups is 1. The Morgan fingerprint density at radius 1 is 1.18 bits per heavy atom. The Kier molecular flexibility index (Phi) is 5.04. The van der Waals surface area contributed by atoms with Crippen LogP contribution < -0.4 is 10.1 Å². The maximum Gasteiger partial charge on any atom is 0.387 e. The van der Waals surface area contributed by atoms with Crippen molar-refractivity contribution in [2.75, 3.05) is 0 Å². The minimum atomic E-state index is -2.87. The molecule has 2 aromatic rings. The zero-order valence-corrected chi connectivity index (χ0v) is 11.8. The lowest BCUT2D eigenvalue weighted by atomic mass is 10.1. The first-order valence-corrected chi connectivity index (χ1v) is 6.54. The van der Waals surface area contributed by atoms with Gasteiger partial charge in [-0.25, -0.2) is 4.39 Å². The van der Waals surface area contributed by atoms with Crippen molar-refractivity contribution in [1.82, 2.24) is 5.32 Å². The SMILES string of the molecule is Cc1ccc(C(=O)NCc2ccc(OC(F)F)cc2)cc1F. The summed E-state index contributed by atoms with van der Waals surface area (Å²) in [6, 6.07) is 10.1. The van der Waals surface area contributed by atoms with Gasteiger partial charge in [-0.3, -0.25) is 4.79 Å². The van der Waals surface area contributed by atoms with E-state index < -0.39 is 18.3 Å². The van der Waals surface area contributed by atoms with Crippen LogP contribution in [0.1, 0.15) is 21.5 Å². The van der Waals surface area contributed by atoms with Crippen LogP contribution in [0.3, 0.4) is 0 Å². The average molecular weight is 309 g/mol. The second-order valence-corrected chi connectivity index (χ2v) is 4.67. The molecule has 0 unspecified atom stereocenters. The highest BCUT2D eigenvalue weighted by Gasteiger charge is 2.08. The fourth-order valence-electron chi connectivity index (χ4n) is 1.81. The molecule has 0 spiro atoms. The Morgan fingerprint density at radius 2 is 1.86 bits per heavy atom. The maximum absolute atomic E-state index is 13.4. The van der Waals surface area contributed by atoms with Gasteiger partial charge >= 0.3 is 6.61 Å². The normalized spacial score (nSPS) is 10.6. The first kappa shape index (κ1) is 15.9. The van der Waals surface area contributed by atoms with Gasteiger partial charge in [-0.05, 0) is 42.3 Å². The van der Waals surface area contributed by atoms with E-state index in [4.69, 9.17) is 0 Å². The summed E-state index contributed by atoms with van der Waals surface area (Å²) in [5, 5.41) is 2.63. The lowest BCUT2D eigenvalue weighted by molar-refractivity contribution is -0.0498. The second-order valence-electron chi connectivity index (χ2n) is 4.67. The van der Waals surface area contributed by atoms with Crippen molar-refractivity contribution in [2.24, 2.45) is 0 Å². The van der Waals surface area contributed by atoms with E-state index in [2.05, 4.69) is 10.1 Å². The van der Waals surface area contributed by atoms with Crippen LogP contribution in [0.15, 0.2) is 42.5 Å². The molecule has 22 heavy (non-hydrogen) atoms. The van der Waals surface area contributed by atoms with Crippen LogP contribution in [-0.4, -0.2) is 12.5 Å². The second kappa shape index (κ2) is 6.98. The molecule has 0 saturated heterocycles. The fourth-order valence-corrected chi connectivity index (χ4v) is 1.81. The molecule has 0 aliphatic carbocycles. The van der Waals surface area contributed by atoms with Crippen LogP contribution in [0.4, 0.5) is 13.2 Å². The van der Waals surface area contributed by atoms with Crippen molar-refractivity contribution in [3.63, 3.8) is 0 Å². The predicted molar refractivity (Wildman–Crippen MR) is 75.4 cm³/mol. The van der Waals surface area contributed by atoms with E-state index in [1.165, 1.54) is 30.3 Å². The van der Waals surface area contributed by atoms with Gasteiger partial charge in [0.2, 0.25) is 0 Å². The molecular weight excluding hydrogens is 295 g/mol.